The third-order valence-electron chi connectivity index (χ3n) is 3.33. The first-order chi connectivity index (χ1) is 8.47. The highest BCUT2D eigenvalue weighted by Gasteiger charge is 2.17. The van der Waals surface area contributed by atoms with E-state index < -0.39 is 0 Å². The van der Waals surface area contributed by atoms with E-state index in [1.54, 1.807) is 6.07 Å². The van der Waals surface area contributed by atoms with Crippen molar-refractivity contribution in [3.05, 3.63) is 29.0 Å². The van der Waals surface area contributed by atoms with Gasteiger partial charge in [0.05, 0.1) is 5.56 Å². The molecule has 2 aromatic rings. The van der Waals surface area contributed by atoms with Crippen molar-refractivity contribution in [2.45, 2.75) is 13.5 Å². The highest BCUT2D eigenvalue weighted by Crippen LogP contribution is 2.33. The van der Waals surface area contributed by atoms with Crippen LogP contribution in [0, 0.1) is 18.3 Å². The summed E-state index contributed by atoms with van der Waals surface area (Å²) in [6.07, 6.45) is 0. The van der Waals surface area contributed by atoms with Gasteiger partial charge in [0.25, 0.3) is 0 Å². The Hall–Kier alpha value is -1.99. The zero-order valence-electron chi connectivity index (χ0n) is 11.2. The second-order valence-corrected chi connectivity index (χ2v) is 4.83. The SMILES string of the molecule is Cc1c(C#N)c2c(CN(C)C)c(O)ccc2n1C. The van der Waals surface area contributed by atoms with Crippen molar-refractivity contribution in [3.63, 3.8) is 0 Å². The normalized spacial score (nSPS) is 11.1. The molecule has 0 aliphatic heterocycles. The first-order valence-corrected chi connectivity index (χ1v) is 5.82. The third kappa shape index (κ3) is 1.73. The fourth-order valence-electron chi connectivity index (χ4n) is 2.33. The van der Waals surface area contributed by atoms with Crippen molar-refractivity contribution in [1.29, 1.82) is 5.26 Å². The standard InChI is InChI=1S/C14H17N3O/c1-9-10(7-15)14-11(8-16(2)3)13(18)6-5-12(14)17(9)4/h5-6,18H,8H2,1-4H3. The minimum atomic E-state index is 0.248. The van der Waals surface area contributed by atoms with Crippen LogP contribution in [-0.2, 0) is 13.6 Å². The third-order valence-corrected chi connectivity index (χ3v) is 3.33. The van der Waals surface area contributed by atoms with Gasteiger partial charge in [0.15, 0.2) is 0 Å². The quantitative estimate of drug-likeness (QED) is 0.879. The molecule has 0 saturated carbocycles. The van der Waals surface area contributed by atoms with Gasteiger partial charge in [0.1, 0.15) is 11.8 Å². The van der Waals surface area contributed by atoms with Crippen molar-refractivity contribution in [1.82, 2.24) is 9.47 Å². The second kappa shape index (κ2) is 4.35. The maximum absolute atomic E-state index is 10.0. The predicted octanol–water partition coefficient (Wildman–Crippen LogP) is 2.13. The van der Waals surface area contributed by atoms with E-state index in [9.17, 15) is 10.4 Å². The van der Waals surface area contributed by atoms with Crippen LogP contribution in [0.25, 0.3) is 10.9 Å². The number of nitriles is 1. The lowest BCUT2D eigenvalue weighted by Crippen LogP contribution is -2.11. The molecule has 1 heterocycles. The molecule has 0 bridgehead atoms. The van der Waals surface area contributed by atoms with Crippen LogP contribution >= 0.6 is 0 Å². The molecule has 4 nitrogen and oxygen atoms in total. The number of phenolic OH excluding ortho intramolecular Hbond substituents is 1. The number of aromatic nitrogens is 1. The van der Waals surface area contributed by atoms with E-state index in [1.165, 1.54) is 0 Å². The highest BCUT2D eigenvalue weighted by molar-refractivity contribution is 5.92. The van der Waals surface area contributed by atoms with Crippen LogP contribution in [-0.4, -0.2) is 28.7 Å². The number of benzene rings is 1. The zero-order valence-corrected chi connectivity index (χ0v) is 11.2. The van der Waals surface area contributed by atoms with E-state index in [0.29, 0.717) is 12.1 Å². The summed E-state index contributed by atoms with van der Waals surface area (Å²) in [6, 6.07) is 5.80. The molecule has 2 rings (SSSR count). The van der Waals surface area contributed by atoms with Crippen molar-refractivity contribution in [2.24, 2.45) is 7.05 Å². The number of fused-ring (bicyclic) bond motifs is 1. The van der Waals surface area contributed by atoms with E-state index in [1.807, 2.05) is 43.6 Å². The average molecular weight is 243 g/mol. The molecule has 1 N–H and O–H groups in total. The fourth-order valence-corrected chi connectivity index (χ4v) is 2.33. The van der Waals surface area contributed by atoms with Crippen LogP contribution in [0.15, 0.2) is 12.1 Å². The van der Waals surface area contributed by atoms with Crippen LogP contribution in [0.3, 0.4) is 0 Å². The molecule has 0 unspecified atom stereocenters. The molecule has 1 aromatic carbocycles. The lowest BCUT2D eigenvalue weighted by atomic mass is 10.0. The monoisotopic (exact) mass is 243 g/mol. The summed E-state index contributed by atoms with van der Waals surface area (Å²) in [5, 5.41) is 20.2. The Bertz CT molecular complexity index is 647. The van der Waals surface area contributed by atoms with E-state index in [-0.39, 0.29) is 5.75 Å². The Morgan fingerprint density at radius 3 is 2.61 bits per heavy atom. The number of hydrogen-bond acceptors (Lipinski definition) is 3. The summed E-state index contributed by atoms with van der Waals surface area (Å²) in [5.74, 6) is 0.248. The molecular formula is C14H17N3O. The summed E-state index contributed by atoms with van der Waals surface area (Å²) < 4.78 is 1.99. The predicted molar refractivity (Wildman–Crippen MR) is 71.4 cm³/mol. The largest absolute Gasteiger partial charge is 0.508 e. The van der Waals surface area contributed by atoms with Crippen LogP contribution in [0.2, 0.25) is 0 Å². The Morgan fingerprint density at radius 2 is 2.06 bits per heavy atom. The maximum Gasteiger partial charge on any atom is 0.120 e. The van der Waals surface area contributed by atoms with Gasteiger partial charge in [-0.1, -0.05) is 0 Å². The van der Waals surface area contributed by atoms with Crippen molar-refractivity contribution in [3.8, 4) is 11.8 Å². The zero-order chi connectivity index (χ0) is 13.4. The van der Waals surface area contributed by atoms with Crippen LogP contribution in [0.5, 0.6) is 5.75 Å². The average Bonchev–Trinajstić information content (AvgIpc) is 2.56. The number of phenols is 1. The van der Waals surface area contributed by atoms with Crippen LogP contribution in [0.1, 0.15) is 16.8 Å². The lowest BCUT2D eigenvalue weighted by molar-refractivity contribution is 0.388. The summed E-state index contributed by atoms with van der Waals surface area (Å²) in [7, 11) is 5.83. The molecule has 4 heteroatoms. The van der Waals surface area contributed by atoms with Crippen molar-refractivity contribution >= 4 is 10.9 Å². The van der Waals surface area contributed by atoms with Gasteiger partial charge in [-0.2, -0.15) is 5.26 Å². The Balaban J connectivity index is 2.87. The molecule has 0 radical (unpaired) electrons. The molecular weight excluding hydrogens is 226 g/mol. The number of aryl methyl sites for hydroxylation is 1. The van der Waals surface area contributed by atoms with Gasteiger partial charge in [-0.3, -0.25) is 0 Å². The molecule has 0 aliphatic rings. The smallest absolute Gasteiger partial charge is 0.120 e. The number of hydrogen-bond donors (Lipinski definition) is 1. The molecule has 0 aliphatic carbocycles. The molecule has 18 heavy (non-hydrogen) atoms. The number of rotatable bonds is 2. The van der Waals surface area contributed by atoms with Gasteiger partial charge >= 0.3 is 0 Å². The number of aromatic hydroxyl groups is 1. The van der Waals surface area contributed by atoms with Crippen molar-refractivity contribution < 1.29 is 5.11 Å². The fraction of sp³-hybridized carbons (Fsp3) is 0.357. The van der Waals surface area contributed by atoms with Crippen LogP contribution < -0.4 is 0 Å². The van der Waals surface area contributed by atoms with Gasteiger partial charge in [-0.15, -0.1) is 0 Å². The van der Waals surface area contributed by atoms with E-state index in [4.69, 9.17) is 0 Å². The van der Waals surface area contributed by atoms with Gasteiger partial charge < -0.3 is 14.6 Å². The summed E-state index contributed by atoms with van der Waals surface area (Å²) in [5.41, 5.74) is 3.38. The van der Waals surface area contributed by atoms with E-state index in [2.05, 4.69) is 6.07 Å². The van der Waals surface area contributed by atoms with Gasteiger partial charge in [0, 0.05) is 35.8 Å². The van der Waals surface area contributed by atoms with Crippen LogP contribution in [0.4, 0.5) is 0 Å². The molecule has 0 atom stereocenters. The molecule has 0 amide bonds. The van der Waals surface area contributed by atoms with Gasteiger partial charge in [-0.05, 0) is 33.2 Å². The first kappa shape index (κ1) is 12.5. The molecule has 0 fully saturated rings. The van der Waals surface area contributed by atoms with E-state index >= 15 is 0 Å². The lowest BCUT2D eigenvalue weighted by Gasteiger charge is -2.13. The highest BCUT2D eigenvalue weighted by atomic mass is 16.3. The minimum Gasteiger partial charge on any atom is -0.508 e. The molecule has 94 valence electrons. The Labute approximate surface area is 107 Å². The van der Waals surface area contributed by atoms with Gasteiger partial charge in [-0.25, -0.2) is 0 Å². The molecule has 0 spiro atoms. The van der Waals surface area contributed by atoms with E-state index in [0.717, 1.165) is 22.2 Å². The topological polar surface area (TPSA) is 52.2 Å². The first-order valence-electron chi connectivity index (χ1n) is 5.82. The maximum atomic E-state index is 10.0. The summed E-state index contributed by atoms with van der Waals surface area (Å²) in [6.45, 7) is 2.54. The number of nitrogens with zero attached hydrogens (tertiary/aromatic N) is 3. The van der Waals surface area contributed by atoms with Crippen molar-refractivity contribution in [2.75, 3.05) is 14.1 Å². The summed E-state index contributed by atoms with van der Waals surface area (Å²) in [4.78, 5) is 1.98. The Kier molecular flexibility index (Phi) is 3.02. The minimum absolute atomic E-state index is 0.248. The van der Waals surface area contributed by atoms with Gasteiger partial charge in [0.2, 0.25) is 0 Å². The molecule has 0 saturated heterocycles. The summed E-state index contributed by atoms with van der Waals surface area (Å²) >= 11 is 0. The molecule has 1 aromatic heterocycles. The second-order valence-electron chi connectivity index (χ2n) is 4.83. The Morgan fingerprint density at radius 1 is 1.39 bits per heavy atom.